The van der Waals surface area contributed by atoms with Gasteiger partial charge in [-0.1, -0.05) is 36.2 Å². The third-order valence-electron chi connectivity index (χ3n) is 4.63. The molecule has 0 bridgehead atoms. The Kier molecular flexibility index (Phi) is 4.48. The zero-order valence-electron chi connectivity index (χ0n) is 13.6. The van der Waals surface area contributed by atoms with Crippen molar-refractivity contribution in [2.24, 2.45) is 5.92 Å². The Morgan fingerprint density at radius 2 is 2.09 bits per heavy atom. The minimum absolute atomic E-state index is 0.0880. The highest BCUT2D eigenvalue weighted by Crippen LogP contribution is 2.26. The summed E-state index contributed by atoms with van der Waals surface area (Å²) in [4.78, 5) is 14.2. The van der Waals surface area contributed by atoms with Crippen LogP contribution >= 0.6 is 0 Å². The number of carbonyl (C=O) groups excluding carboxylic acids is 1. The van der Waals surface area contributed by atoms with Crippen molar-refractivity contribution in [3.63, 3.8) is 0 Å². The molecule has 2 N–H and O–H groups in total. The monoisotopic (exact) mass is 313 g/mol. The Labute approximate surface area is 136 Å². The van der Waals surface area contributed by atoms with Crippen LogP contribution in [0.2, 0.25) is 0 Å². The summed E-state index contributed by atoms with van der Waals surface area (Å²) < 4.78 is 0. The minimum Gasteiger partial charge on any atom is -0.393 e. The van der Waals surface area contributed by atoms with E-state index in [2.05, 4.69) is 10.2 Å². The van der Waals surface area contributed by atoms with E-state index in [1.807, 2.05) is 31.2 Å². The van der Waals surface area contributed by atoms with E-state index < -0.39 is 0 Å². The third-order valence-corrected chi connectivity index (χ3v) is 4.63. The molecular weight excluding hydrogens is 290 g/mol. The molecule has 2 aromatic rings. The number of amides is 1. The van der Waals surface area contributed by atoms with Crippen LogP contribution in [0.1, 0.15) is 35.3 Å². The van der Waals surface area contributed by atoms with Crippen LogP contribution < -0.4 is 0 Å². The summed E-state index contributed by atoms with van der Waals surface area (Å²) in [5.41, 5.74) is 3.42. The summed E-state index contributed by atoms with van der Waals surface area (Å²) in [5.74, 6) is 0.0957. The van der Waals surface area contributed by atoms with Gasteiger partial charge in [-0.05, 0) is 25.8 Å². The maximum absolute atomic E-state index is 12.5. The number of aliphatic hydroxyl groups is 1. The second-order valence-electron chi connectivity index (χ2n) is 6.48. The number of H-pyrrole nitrogens is 1. The van der Waals surface area contributed by atoms with E-state index in [0.29, 0.717) is 12.2 Å². The third kappa shape index (κ3) is 3.45. The number of aliphatic hydroxyl groups excluding tert-OH is 1. The largest absolute Gasteiger partial charge is 0.393 e. The summed E-state index contributed by atoms with van der Waals surface area (Å²) in [6.07, 6.45) is 2.58. The van der Waals surface area contributed by atoms with E-state index in [0.717, 1.165) is 30.5 Å². The summed E-state index contributed by atoms with van der Waals surface area (Å²) in [6.45, 7) is 2.62. The molecule has 5 heteroatoms. The van der Waals surface area contributed by atoms with Gasteiger partial charge in [-0.2, -0.15) is 5.10 Å². The molecule has 0 radical (unpaired) electrons. The zero-order chi connectivity index (χ0) is 16.4. The quantitative estimate of drug-likeness (QED) is 0.911. The van der Waals surface area contributed by atoms with Crippen LogP contribution in [-0.4, -0.2) is 45.8 Å². The van der Waals surface area contributed by atoms with E-state index in [-0.39, 0.29) is 17.9 Å². The molecule has 1 amide bonds. The highest BCUT2D eigenvalue weighted by atomic mass is 16.3. The first-order valence-corrected chi connectivity index (χ1v) is 8.10. The molecule has 1 aliphatic carbocycles. The number of rotatable bonds is 4. The molecule has 23 heavy (non-hydrogen) atoms. The molecule has 1 aromatic heterocycles. The first kappa shape index (κ1) is 15.7. The van der Waals surface area contributed by atoms with Crippen LogP contribution in [0, 0.1) is 12.8 Å². The number of aryl methyl sites for hydroxylation is 1. The molecule has 0 spiro atoms. The predicted octanol–water partition coefficient (Wildman–Crippen LogP) is 2.62. The summed E-state index contributed by atoms with van der Waals surface area (Å²) in [6, 6.07) is 9.84. The van der Waals surface area contributed by atoms with Crippen molar-refractivity contribution in [2.75, 3.05) is 13.6 Å². The Balaban J connectivity index is 1.69. The second kappa shape index (κ2) is 6.54. The molecular formula is C18H23N3O2. The molecule has 1 aromatic carbocycles. The van der Waals surface area contributed by atoms with Crippen molar-refractivity contribution in [3.8, 4) is 11.3 Å². The number of aromatic nitrogens is 2. The summed E-state index contributed by atoms with van der Waals surface area (Å²) in [7, 11) is 1.78. The van der Waals surface area contributed by atoms with E-state index in [1.54, 1.807) is 18.0 Å². The fraction of sp³-hybridized carbons (Fsp3) is 0.444. The lowest BCUT2D eigenvalue weighted by Gasteiger charge is -2.22. The van der Waals surface area contributed by atoms with Gasteiger partial charge in [0.15, 0.2) is 0 Å². The lowest BCUT2D eigenvalue weighted by molar-refractivity contribution is 0.0688. The summed E-state index contributed by atoms with van der Waals surface area (Å²) >= 11 is 0. The smallest absolute Gasteiger partial charge is 0.271 e. The number of nitrogens with zero attached hydrogens (tertiary/aromatic N) is 2. The van der Waals surface area contributed by atoms with Gasteiger partial charge in [-0.25, -0.2) is 0 Å². The normalized spacial score (nSPS) is 20.7. The molecule has 2 atom stereocenters. The maximum atomic E-state index is 12.5. The van der Waals surface area contributed by atoms with Crippen molar-refractivity contribution in [2.45, 2.75) is 32.3 Å². The van der Waals surface area contributed by atoms with Crippen LogP contribution in [0.25, 0.3) is 11.3 Å². The van der Waals surface area contributed by atoms with E-state index in [1.165, 1.54) is 5.56 Å². The van der Waals surface area contributed by atoms with Crippen LogP contribution in [-0.2, 0) is 0 Å². The number of hydrogen-bond acceptors (Lipinski definition) is 3. The Bertz CT molecular complexity index is 678. The molecule has 0 saturated heterocycles. The predicted molar refractivity (Wildman–Crippen MR) is 89.1 cm³/mol. The van der Waals surface area contributed by atoms with Gasteiger partial charge in [0.2, 0.25) is 0 Å². The minimum atomic E-state index is -0.282. The SMILES string of the molecule is Cc1ccc(-c2cc(C(=O)N(C)CC3CCCC3O)[nH]n2)cc1. The van der Waals surface area contributed by atoms with Gasteiger partial charge in [-0.15, -0.1) is 0 Å². The number of hydrogen-bond donors (Lipinski definition) is 2. The molecule has 0 aliphatic heterocycles. The average molecular weight is 313 g/mol. The van der Waals surface area contributed by atoms with Crippen molar-refractivity contribution in [3.05, 3.63) is 41.6 Å². The lowest BCUT2D eigenvalue weighted by Crippen LogP contribution is -2.34. The second-order valence-corrected chi connectivity index (χ2v) is 6.48. The number of aromatic amines is 1. The molecule has 2 unspecified atom stereocenters. The first-order valence-electron chi connectivity index (χ1n) is 8.10. The van der Waals surface area contributed by atoms with Crippen molar-refractivity contribution in [1.82, 2.24) is 15.1 Å². The Morgan fingerprint density at radius 3 is 2.74 bits per heavy atom. The van der Waals surface area contributed by atoms with E-state index >= 15 is 0 Å². The maximum Gasteiger partial charge on any atom is 0.271 e. The molecule has 1 aliphatic rings. The van der Waals surface area contributed by atoms with E-state index in [4.69, 9.17) is 0 Å². The number of benzene rings is 1. The van der Waals surface area contributed by atoms with Crippen LogP contribution in [0.15, 0.2) is 30.3 Å². The fourth-order valence-electron chi connectivity index (χ4n) is 3.17. The van der Waals surface area contributed by atoms with Crippen LogP contribution in [0.4, 0.5) is 0 Å². The van der Waals surface area contributed by atoms with Gasteiger partial charge in [0, 0.05) is 25.1 Å². The van der Waals surface area contributed by atoms with Gasteiger partial charge in [0.1, 0.15) is 5.69 Å². The topological polar surface area (TPSA) is 69.2 Å². The van der Waals surface area contributed by atoms with Gasteiger partial charge >= 0.3 is 0 Å². The van der Waals surface area contributed by atoms with Crippen LogP contribution in [0.3, 0.4) is 0 Å². The van der Waals surface area contributed by atoms with Gasteiger partial charge in [0.05, 0.1) is 11.8 Å². The van der Waals surface area contributed by atoms with Crippen molar-refractivity contribution < 1.29 is 9.90 Å². The number of carbonyl (C=O) groups is 1. The highest BCUT2D eigenvalue weighted by molar-refractivity contribution is 5.93. The van der Waals surface area contributed by atoms with Gasteiger partial charge in [0.25, 0.3) is 5.91 Å². The molecule has 1 saturated carbocycles. The average Bonchev–Trinajstić information content (AvgIpc) is 3.17. The Hall–Kier alpha value is -2.14. The standard InChI is InChI=1S/C18H23N3O2/c1-12-6-8-13(9-7-12)15-10-16(20-19-15)18(23)21(2)11-14-4-3-5-17(14)22/h6-10,14,17,22H,3-5,11H2,1-2H3,(H,19,20). The molecule has 1 heterocycles. The number of nitrogens with one attached hydrogen (secondary N) is 1. The lowest BCUT2D eigenvalue weighted by atomic mass is 10.1. The molecule has 1 fully saturated rings. The zero-order valence-corrected chi connectivity index (χ0v) is 13.6. The molecule has 122 valence electrons. The molecule has 5 nitrogen and oxygen atoms in total. The summed E-state index contributed by atoms with van der Waals surface area (Å²) in [5, 5.41) is 17.0. The molecule has 3 rings (SSSR count). The van der Waals surface area contributed by atoms with Gasteiger partial charge in [-0.3, -0.25) is 9.89 Å². The van der Waals surface area contributed by atoms with Crippen molar-refractivity contribution >= 4 is 5.91 Å². The van der Waals surface area contributed by atoms with Crippen LogP contribution in [0.5, 0.6) is 0 Å². The highest BCUT2D eigenvalue weighted by Gasteiger charge is 2.28. The van der Waals surface area contributed by atoms with Gasteiger partial charge < -0.3 is 10.0 Å². The fourth-order valence-corrected chi connectivity index (χ4v) is 3.17. The van der Waals surface area contributed by atoms with Crippen molar-refractivity contribution in [1.29, 1.82) is 0 Å². The van der Waals surface area contributed by atoms with E-state index in [9.17, 15) is 9.90 Å². The Morgan fingerprint density at radius 1 is 1.35 bits per heavy atom. The first-order chi connectivity index (χ1) is 11.0.